The molecule has 12 heteroatoms. The second kappa shape index (κ2) is 17.1. The summed E-state index contributed by atoms with van der Waals surface area (Å²) in [5.41, 5.74) is 1.63. The molecule has 50 heavy (non-hydrogen) atoms. The van der Waals surface area contributed by atoms with Gasteiger partial charge >= 0.3 is 12.1 Å². The molecule has 3 aromatic rings. The normalized spacial score (nSPS) is 17.7. The van der Waals surface area contributed by atoms with E-state index < -0.39 is 41.9 Å². The SMILES string of the molecule is CCC[C@H](N=C(SC)[C@@H]1C[C@@H](Oc2cc(-c3ccccc3)nc3cc(OC)ccc23)CN1C(=O)[C@@H](NC(=O)OC(C)(C)C)C(C)C)C(=O)OC. The van der Waals surface area contributed by atoms with Crippen LogP contribution in [0.4, 0.5) is 4.79 Å². The lowest BCUT2D eigenvalue weighted by Gasteiger charge is -2.32. The minimum atomic E-state index is -0.875. The smallest absolute Gasteiger partial charge is 0.408 e. The third kappa shape index (κ3) is 9.68. The van der Waals surface area contributed by atoms with Crippen molar-refractivity contribution in [1.29, 1.82) is 0 Å². The number of fused-ring (bicyclic) bond motifs is 1. The zero-order valence-corrected chi connectivity index (χ0v) is 31.3. The molecule has 4 atom stereocenters. The molecule has 0 unspecified atom stereocenters. The van der Waals surface area contributed by atoms with E-state index in [1.165, 1.54) is 18.9 Å². The van der Waals surface area contributed by atoms with Crippen molar-refractivity contribution < 1.29 is 33.3 Å². The molecular weight excluding hydrogens is 657 g/mol. The predicted octanol–water partition coefficient (Wildman–Crippen LogP) is 6.91. The minimum absolute atomic E-state index is 0.222. The number of nitrogens with one attached hydrogen (secondary N) is 1. The number of aromatic nitrogens is 1. The van der Waals surface area contributed by atoms with Gasteiger partial charge in [0.2, 0.25) is 5.91 Å². The largest absolute Gasteiger partial charge is 0.497 e. The number of methoxy groups -OCH3 is 2. The molecule has 270 valence electrons. The number of carbonyl (C=O) groups is 3. The van der Waals surface area contributed by atoms with Gasteiger partial charge in [-0.1, -0.05) is 57.5 Å². The molecule has 2 heterocycles. The van der Waals surface area contributed by atoms with Crippen molar-refractivity contribution in [3.05, 3.63) is 54.6 Å². The monoisotopic (exact) mass is 706 g/mol. The summed E-state index contributed by atoms with van der Waals surface area (Å²) in [5, 5.41) is 4.22. The molecule has 0 radical (unpaired) electrons. The van der Waals surface area contributed by atoms with Crippen LogP contribution in [0.15, 0.2) is 59.6 Å². The lowest BCUT2D eigenvalue weighted by molar-refractivity contribution is -0.142. The molecule has 0 aliphatic carbocycles. The van der Waals surface area contributed by atoms with Crippen LogP contribution in [0.25, 0.3) is 22.2 Å². The fourth-order valence-electron chi connectivity index (χ4n) is 5.90. The van der Waals surface area contributed by atoms with E-state index in [-0.39, 0.29) is 18.4 Å². The molecular formula is C38H50N4O7S. The highest BCUT2D eigenvalue weighted by Crippen LogP contribution is 2.35. The number of amides is 2. The van der Waals surface area contributed by atoms with Crippen LogP contribution in [0.1, 0.15) is 60.8 Å². The van der Waals surface area contributed by atoms with Crippen LogP contribution in [0.2, 0.25) is 0 Å². The van der Waals surface area contributed by atoms with Gasteiger partial charge in [-0.15, -0.1) is 11.8 Å². The number of hydrogen-bond acceptors (Lipinski definition) is 10. The predicted molar refractivity (Wildman–Crippen MR) is 198 cm³/mol. The number of hydrogen-bond donors (Lipinski definition) is 1. The summed E-state index contributed by atoms with van der Waals surface area (Å²) in [7, 11) is 2.96. The number of aliphatic imine (C=N–C) groups is 1. The van der Waals surface area contributed by atoms with Crippen molar-refractivity contribution in [2.45, 2.75) is 90.6 Å². The van der Waals surface area contributed by atoms with Gasteiger partial charge < -0.3 is 29.2 Å². The Labute approximate surface area is 299 Å². The molecule has 0 saturated carbocycles. The molecule has 0 spiro atoms. The van der Waals surface area contributed by atoms with Crippen LogP contribution in [0.5, 0.6) is 11.5 Å². The lowest BCUT2D eigenvalue weighted by atomic mass is 10.0. The van der Waals surface area contributed by atoms with E-state index in [0.717, 1.165) is 23.1 Å². The highest BCUT2D eigenvalue weighted by atomic mass is 32.2. The average molecular weight is 707 g/mol. The molecule has 1 aliphatic heterocycles. The molecule has 1 aromatic heterocycles. The molecule has 2 amide bonds. The summed E-state index contributed by atoms with van der Waals surface area (Å²) < 4.78 is 22.9. The fourth-order valence-corrected chi connectivity index (χ4v) is 6.63. The number of esters is 1. The van der Waals surface area contributed by atoms with Crippen LogP contribution >= 0.6 is 11.8 Å². The van der Waals surface area contributed by atoms with E-state index in [4.69, 9.17) is 28.9 Å². The molecule has 1 fully saturated rings. The zero-order valence-electron chi connectivity index (χ0n) is 30.5. The number of alkyl carbamates (subject to hydrolysis) is 1. The first kappa shape index (κ1) is 38.5. The lowest BCUT2D eigenvalue weighted by Crippen LogP contribution is -2.54. The number of pyridine rings is 1. The highest BCUT2D eigenvalue weighted by Gasteiger charge is 2.43. The van der Waals surface area contributed by atoms with E-state index in [9.17, 15) is 14.4 Å². The van der Waals surface area contributed by atoms with Gasteiger partial charge in [0.25, 0.3) is 0 Å². The van der Waals surface area contributed by atoms with Gasteiger partial charge in [-0.05, 0) is 51.5 Å². The molecule has 1 saturated heterocycles. The number of carbonyl (C=O) groups excluding carboxylic acids is 3. The summed E-state index contributed by atoms with van der Waals surface area (Å²) in [6.45, 7) is 11.3. The minimum Gasteiger partial charge on any atom is -0.497 e. The van der Waals surface area contributed by atoms with Crippen LogP contribution < -0.4 is 14.8 Å². The number of rotatable bonds is 12. The Balaban J connectivity index is 1.76. The summed E-state index contributed by atoms with van der Waals surface area (Å²) in [6, 6.07) is 15.3. The third-order valence-electron chi connectivity index (χ3n) is 8.31. The van der Waals surface area contributed by atoms with E-state index in [1.54, 1.807) is 32.8 Å². The van der Waals surface area contributed by atoms with Crippen molar-refractivity contribution in [2.75, 3.05) is 27.0 Å². The summed E-state index contributed by atoms with van der Waals surface area (Å²) in [4.78, 5) is 51.6. The van der Waals surface area contributed by atoms with Gasteiger partial charge in [-0.3, -0.25) is 9.79 Å². The molecule has 1 aliphatic rings. The quantitative estimate of drug-likeness (QED) is 0.121. The first-order chi connectivity index (χ1) is 23.8. The molecule has 11 nitrogen and oxygen atoms in total. The van der Waals surface area contributed by atoms with Crippen molar-refractivity contribution >= 4 is 45.7 Å². The Morgan fingerprint density at radius 1 is 1.08 bits per heavy atom. The van der Waals surface area contributed by atoms with Crippen LogP contribution in [0.3, 0.4) is 0 Å². The van der Waals surface area contributed by atoms with Crippen LogP contribution in [0, 0.1) is 5.92 Å². The Hall–Kier alpha value is -4.32. The molecule has 0 bridgehead atoms. The molecule has 4 rings (SSSR count). The van der Waals surface area contributed by atoms with Crippen molar-refractivity contribution in [3.8, 4) is 22.8 Å². The van der Waals surface area contributed by atoms with Crippen molar-refractivity contribution in [1.82, 2.24) is 15.2 Å². The number of thioether (sulfide) groups is 1. The Kier molecular flexibility index (Phi) is 13.1. The first-order valence-corrected chi connectivity index (χ1v) is 18.2. The van der Waals surface area contributed by atoms with Gasteiger partial charge in [0.05, 0.1) is 43.1 Å². The Bertz CT molecular complexity index is 1670. The number of likely N-dealkylation sites (tertiary alicyclic amines) is 1. The van der Waals surface area contributed by atoms with E-state index >= 15 is 0 Å². The van der Waals surface area contributed by atoms with Gasteiger partial charge in [0.1, 0.15) is 35.3 Å². The standard InChI is InChI=1S/C38H50N4O7S/c1-10-14-28(36(44)47-8)40-34(50-9)31-20-26(22-42(31)35(43)33(23(2)3)41-37(45)49-38(4,5)6)48-32-21-29(24-15-12-11-13-16-24)39-30-19-25(46-7)17-18-27(30)32/h11-13,15-19,21,23,26,28,31,33H,10,14,20,22H2,1-9H3,(H,41,45)/t26-,28+,31+,33+/m1/s1. The van der Waals surface area contributed by atoms with Gasteiger partial charge in [-0.25, -0.2) is 14.6 Å². The maximum absolute atomic E-state index is 14.5. The maximum atomic E-state index is 14.5. The molecule has 2 aromatic carbocycles. The van der Waals surface area contributed by atoms with Crippen LogP contribution in [-0.4, -0.2) is 89.7 Å². The third-order valence-corrected chi connectivity index (χ3v) is 9.10. The van der Waals surface area contributed by atoms with E-state index in [0.29, 0.717) is 34.9 Å². The molecule has 1 N–H and O–H groups in total. The number of nitrogens with zero attached hydrogens (tertiary/aromatic N) is 3. The fraction of sp³-hybridized carbons (Fsp3) is 0.500. The van der Waals surface area contributed by atoms with E-state index in [2.05, 4.69) is 5.32 Å². The van der Waals surface area contributed by atoms with Gasteiger partial charge in [-0.2, -0.15) is 0 Å². The summed E-state index contributed by atoms with van der Waals surface area (Å²) in [5.74, 6) is 0.316. The van der Waals surface area contributed by atoms with E-state index in [1.807, 2.05) is 81.6 Å². The van der Waals surface area contributed by atoms with Gasteiger partial charge in [0.15, 0.2) is 0 Å². The maximum Gasteiger partial charge on any atom is 0.408 e. The summed E-state index contributed by atoms with van der Waals surface area (Å²) >= 11 is 1.38. The zero-order chi connectivity index (χ0) is 36.6. The Morgan fingerprint density at radius 2 is 1.80 bits per heavy atom. The van der Waals surface area contributed by atoms with Gasteiger partial charge in [0, 0.05) is 29.5 Å². The highest BCUT2D eigenvalue weighted by molar-refractivity contribution is 8.13. The van der Waals surface area contributed by atoms with Crippen LogP contribution in [-0.2, 0) is 19.1 Å². The average Bonchev–Trinajstić information content (AvgIpc) is 3.50. The Morgan fingerprint density at radius 3 is 2.40 bits per heavy atom. The summed E-state index contributed by atoms with van der Waals surface area (Å²) in [6.07, 6.45) is 2.39. The second-order valence-corrected chi connectivity index (χ2v) is 14.4. The van der Waals surface area contributed by atoms with Crippen molar-refractivity contribution in [3.63, 3.8) is 0 Å². The topological polar surface area (TPSA) is 129 Å². The second-order valence-electron chi connectivity index (χ2n) is 13.6. The number of ether oxygens (including phenoxy) is 4. The van der Waals surface area contributed by atoms with Crippen molar-refractivity contribution in [2.24, 2.45) is 10.9 Å². The number of benzene rings is 2. The first-order valence-electron chi connectivity index (χ1n) is 17.0.